The van der Waals surface area contributed by atoms with Gasteiger partial charge in [0, 0.05) is 31.5 Å². The molecule has 2 rings (SSSR count). The number of aromatic nitrogens is 2. The van der Waals surface area contributed by atoms with Gasteiger partial charge in [0.05, 0.1) is 11.7 Å². The number of carbonyl (C=O) groups excluding carboxylic acids is 1. The number of nitrogens with one attached hydrogen (secondary N) is 1. The SMILES string of the molecule is CC(Cn1ccnc1)NC(=O)C1(CN)CCCCCC1. The van der Waals surface area contributed by atoms with Crippen molar-refractivity contribution in [3.8, 4) is 0 Å². The van der Waals surface area contributed by atoms with Crippen LogP contribution >= 0.6 is 0 Å². The fourth-order valence-corrected chi connectivity index (χ4v) is 3.06. The molecule has 1 aliphatic rings. The van der Waals surface area contributed by atoms with Gasteiger partial charge in [-0.2, -0.15) is 0 Å². The topological polar surface area (TPSA) is 72.9 Å². The molecule has 1 amide bonds. The van der Waals surface area contributed by atoms with Gasteiger partial charge in [0.15, 0.2) is 0 Å². The van der Waals surface area contributed by atoms with E-state index in [2.05, 4.69) is 10.3 Å². The molecule has 3 N–H and O–H groups in total. The Morgan fingerprint density at radius 3 is 2.65 bits per heavy atom. The van der Waals surface area contributed by atoms with E-state index in [-0.39, 0.29) is 17.4 Å². The van der Waals surface area contributed by atoms with Crippen LogP contribution in [0.1, 0.15) is 45.4 Å². The summed E-state index contributed by atoms with van der Waals surface area (Å²) >= 11 is 0. The van der Waals surface area contributed by atoms with E-state index in [4.69, 9.17) is 5.73 Å². The van der Waals surface area contributed by atoms with Crippen LogP contribution in [-0.2, 0) is 11.3 Å². The first-order valence-electron chi connectivity index (χ1n) is 7.63. The minimum absolute atomic E-state index is 0.0865. The highest BCUT2D eigenvalue weighted by Gasteiger charge is 2.37. The van der Waals surface area contributed by atoms with Crippen LogP contribution in [0.25, 0.3) is 0 Å². The predicted octanol–water partition coefficient (Wildman–Crippen LogP) is 1.69. The zero-order valence-corrected chi connectivity index (χ0v) is 12.3. The quantitative estimate of drug-likeness (QED) is 0.805. The summed E-state index contributed by atoms with van der Waals surface area (Å²) in [7, 11) is 0. The van der Waals surface area contributed by atoms with Crippen molar-refractivity contribution >= 4 is 5.91 Å². The normalized spacial score (nSPS) is 20.1. The summed E-state index contributed by atoms with van der Waals surface area (Å²) in [6.07, 6.45) is 11.9. The maximum absolute atomic E-state index is 12.6. The van der Waals surface area contributed by atoms with Crippen molar-refractivity contribution in [1.29, 1.82) is 0 Å². The lowest BCUT2D eigenvalue weighted by Crippen LogP contribution is -2.49. The van der Waals surface area contributed by atoms with E-state index in [0.29, 0.717) is 6.54 Å². The summed E-state index contributed by atoms with van der Waals surface area (Å²) in [5, 5.41) is 3.14. The van der Waals surface area contributed by atoms with Crippen LogP contribution < -0.4 is 11.1 Å². The van der Waals surface area contributed by atoms with E-state index in [9.17, 15) is 4.79 Å². The third kappa shape index (κ3) is 3.60. The minimum Gasteiger partial charge on any atom is -0.351 e. The van der Waals surface area contributed by atoms with E-state index in [1.54, 1.807) is 12.5 Å². The molecule has 0 aliphatic heterocycles. The molecule has 1 heterocycles. The van der Waals surface area contributed by atoms with Crippen molar-refractivity contribution in [2.45, 2.75) is 58.0 Å². The zero-order chi connectivity index (χ0) is 14.4. The molecule has 1 atom stereocenters. The standard InChI is InChI=1S/C15H26N4O/c1-13(10-19-9-8-17-12-19)18-14(20)15(11-16)6-4-2-3-5-7-15/h8-9,12-13H,2-7,10-11,16H2,1H3,(H,18,20). The third-order valence-corrected chi connectivity index (χ3v) is 4.35. The Morgan fingerprint density at radius 1 is 1.40 bits per heavy atom. The smallest absolute Gasteiger partial charge is 0.227 e. The van der Waals surface area contributed by atoms with Crippen LogP contribution in [0.5, 0.6) is 0 Å². The molecule has 1 fully saturated rings. The molecular formula is C15H26N4O. The zero-order valence-electron chi connectivity index (χ0n) is 12.3. The second kappa shape index (κ2) is 6.88. The van der Waals surface area contributed by atoms with Crippen LogP contribution in [0.4, 0.5) is 0 Å². The summed E-state index contributed by atoms with van der Waals surface area (Å²) in [5.74, 6) is 0.134. The van der Waals surface area contributed by atoms with Crippen LogP contribution in [0, 0.1) is 5.41 Å². The van der Waals surface area contributed by atoms with Gasteiger partial charge in [-0.25, -0.2) is 4.98 Å². The lowest BCUT2D eigenvalue weighted by molar-refractivity contribution is -0.132. The maximum Gasteiger partial charge on any atom is 0.227 e. The van der Waals surface area contributed by atoms with Crippen LogP contribution in [0.3, 0.4) is 0 Å². The molecule has 0 aromatic carbocycles. The number of nitrogens with zero attached hydrogens (tertiary/aromatic N) is 2. The predicted molar refractivity (Wildman–Crippen MR) is 79.0 cm³/mol. The van der Waals surface area contributed by atoms with Crippen LogP contribution in [0.15, 0.2) is 18.7 Å². The molecule has 1 unspecified atom stereocenters. The molecule has 0 saturated heterocycles. The van der Waals surface area contributed by atoms with Gasteiger partial charge in [0.1, 0.15) is 0 Å². The van der Waals surface area contributed by atoms with Gasteiger partial charge in [0.2, 0.25) is 5.91 Å². The summed E-state index contributed by atoms with van der Waals surface area (Å²) in [5.41, 5.74) is 5.60. The Bertz CT molecular complexity index is 408. The number of amides is 1. The van der Waals surface area contributed by atoms with Gasteiger partial charge < -0.3 is 15.6 Å². The maximum atomic E-state index is 12.6. The van der Waals surface area contributed by atoms with Crippen molar-refractivity contribution in [3.63, 3.8) is 0 Å². The van der Waals surface area contributed by atoms with E-state index >= 15 is 0 Å². The highest BCUT2D eigenvalue weighted by atomic mass is 16.2. The van der Waals surface area contributed by atoms with E-state index in [1.807, 2.05) is 17.7 Å². The van der Waals surface area contributed by atoms with Gasteiger partial charge in [-0.15, -0.1) is 0 Å². The fourth-order valence-electron chi connectivity index (χ4n) is 3.06. The summed E-state index contributed by atoms with van der Waals surface area (Å²) in [6, 6.07) is 0.0865. The first kappa shape index (κ1) is 15.0. The first-order chi connectivity index (χ1) is 9.66. The van der Waals surface area contributed by atoms with Crippen molar-refractivity contribution in [2.24, 2.45) is 11.1 Å². The molecule has 5 nitrogen and oxygen atoms in total. The van der Waals surface area contributed by atoms with Gasteiger partial charge in [-0.05, 0) is 19.8 Å². The van der Waals surface area contributed by atoms with Crippen LogP contribution in [-0.4, -0.2) is 28.0 Å². The second-order valence-corrected chi connectivity index (χ2v) is 6.03. The van der Waals surface area contributed by atoms with Gasteiger partial charge >= 0.3 is 0 Å². The van der Waals surface area contributed by atoms with Crippen LogP contribution in [0.2, 0.25) is 0 Å². The van der Waals surface area contributed by atoms with Gasteiger partial charge in [-0.1, -0.05) is 25.7 Å². The van der Waals surface area contributed by atoms with E-state index in [0.717, 1.165) is 32.2 Å². The molecule has 0 spiro atoms. The summed E-state index contributed by atoms with van der Waals surface area (Å²) < 4.78 is 1.98. The lowest BCUT2D eigenvalue weighted by atomic mass is 9.79. The number of hydrogen-bond donors (Lipinski definition) is 2. The molecule has 0 radical (unpaired) electrons. The number of nitrogens with two attached hydrogens (primary N) is 1. The highest BCUT2D eigenvalue weighted by Crippen LogP contribution is 2.34. The molecule has 1 aromatic heterocycles. The fraction of sp³-hybridized carbons (Fsp3) is 0.733. The molecular weight excluding hydrogens is 252 g/mol. The Hall–Kier alpha value is -1.36. The Balaban J connectivity index is 1.94. The monoisotopic (exact) mass is 278 g/mol. The van der Waals surface area contributed by atoms with Gasteiger partial charge in [0.25, 0.3) is 0 Å². The Morgan fingerprint density at radius 2 is 2.10 bits per heavy atom. The summed E-state index contributed by atoms with van der Waals surface area (Å²) in [4.78, 5) is 16.6. The molecule has 1 saturated carbocycles. The van der Waals surface area contributed by atoms with E-state index < -0.39 is 0 Å². The largest absolute Gasteiger partial charge is 0.351 e. The molecule has 5 heteroatoms. The number of carbonyl (C=O) groups is 1. The van der Waals surface area contributed by atoms with Crippen molar-refractivity contribution in [1.82, 2.24) is 14.9 Å². The third-order valence-electron chi connectivity index (χ3n) is 4.35. The molecule has 1 aliphatic carbocycles. The average molecular weight is 278 g/mol. The van der Waals surface area contributed by atoms with Crippen molar-refractivity contribution in [2.75, 3.05) is 6.54 Å². The number of imidazole rings is 1. The van der Waals surface area contributed by atoms with E-state index in [1.165, 1.54) is 12.8 Å². The van der Waals surface area contributed by atoms with Crippen molar-refractivity contribution < 1.29 is 4.79 Å². The van der Waals surface area contributed by atoms with Gasteiger partial charge in [-0.3, -0.25) is 4.79 Å². The van der Waals surface area contributed by atoms with Crippen molar-refractivity contribution in [3.05, 3.63) is 18.7 Å². The second-order valence-electron chi connectivity index (χ2n) is 6.03. The molecule has 0 bridgehead atoms. The highest BCUT2D eigenvalue weighted by molar-refractivity contribution is 5.83. The number of rotatable bonds is 5. The molecule has 1 aromatic rings. The average Bonchev–Trinajstić information content (AvgIpc) is 2.80. The molecule has 112 valence electrons. The Kier molecular flexibility index (Phi) is 5.17. The number of hydrogen-bond acceptors (Lipinski definition) is 3. The lowest BCUT2D eigenvalue weighted by Gasteiger charge is -2.31. The minimum atomic E-state index is -0.348. The molecule has 20 heavy (non-hydrogen) atoms. The summed E-state index contributed by atoms with van der Waals surface area (Å²) in [6.45, 7) is 3.22. The first-order valence-corrected chi connectivity index (χ1v) is 7.63. The Labute approximate surface area is 120 Å².